The van der Waals surface area contributed by atoms with Crippen LogP contribution in [0.5, 0.6) is 0 Å². The molecule has 6 heteroatoms. The third-order valence-electron chi connectivity index (χ3n) is 1.60. The van der Waals surface area contributed by atoms with E-state index < -0.39 is 23.4 Å². The van der Waals surface area contributed by atoms with Gasteiger partial charge in [-0.1, -0.05) is 0 Å². The van der Waals surface area contributed by atoms with Crippen LogP contribution in [0.2, 0.25) is 0 Å². The van der Waals surface area contributed by atoms with Crippen LogP contribution in [-0.2, 0) is 6.54 Å². The number of nitrogens with one attached hydrogen (secondary N) is 1. The molecule has 0 spiro atoms. The number of halogens is 3. The summed E-state index contributed by atoms with van der Waals surface area (Å²) in [4.78, 5) is 12.6. The van der Waals surface area contributed by atoms with Gasteiger partial charge < -0.3 is 10.7 Å². The van der Waals surface area contributed by atoms with Gasteiger partial charge in [0, 0.05) is 12.7 Å². The fourth-order valence-corrected chi connectivity index (χ4v) is 0.962. The van der Waals surface area contributed by atoms with Crippen LogP contribution in [0.1, 0.15) is 17.6 Å². The van der Waals surface area contributed by atoms with Crippen LogP contribution in [0.4, 0.5) is 13.2 Å². The van der Waals surface area contributed by atoms with Crippen LogP contribution in [0.15, 0.2) is 11.0 Å². The van der Waals surface area contributed by atoms with E-state index in [-0.39, 0.29) is 12.1 Å². The first kappa shape index (κ1) is 9.79. The van der Waals surface area contributed by atoms with Gasteiger partial charge in [0.25, 0.3) is 12.0 Å². The lowest BCUT2D eigenvalue weighted by Crippen LogP contribution is -2.17. The highest BCUT2D eigenvalue weighted by atomic mass is 19.3. The summed E-state index contributed by atoms with van der Waals surface area (Å²) in [5.74, 6) is -1.46. The molecule has 0 atom stereocenters. The molecule has 0 aromatic carbocycles. The molecular weight excluding hydrogens is 185 g/mol. The third kappa shape index (κ3) is 1.72. The average molecular weight is 192 g/mol. The Labute approximate surface area is 71.4 Å². The average Bonchev–Trinajstić information content (AvgIpc) is 2.08. The van der Waals surface area contributed by atoms with Crippen molar-refractivity contribution in [2.75, 3.05) is 0 Å². The molecule has 1 heterocycles. The first-order valence-electron chi connectivity index (χ1n) is 3.46. The maximum Gasteiger partial charge on any atom is 0.284 e. The second-order valence-corrected chi connectivity index (χ2v) is 2.38. The zero-order valence-electron chi connectivity index (χ0n) is 6.48. The normalized spacial score (nSPS) is 10.8. The zero-order chi connectivity index (χ0) is 10.0. The van der Waals surface area contributed by atoms with E-state index in [2.05, 4.69) is 0 Å². The van der Waals surface area contributed by atoms with Crippen molar-refractivity contribution in [3.63, 3.8) is 0 Å². The van der Waals surface area contributed by atoms with E-state index in [1.165, 1.54) is 0 Å². The SMILES string of the molecule is NCc1c[nH]c(=O)c(F)c1C(F)F. The molecule has 0 radical (unpaired) electrons. The summed E-state index contributed by atoms with van der Waals surface area (Å²) in [5.41, 5.74) is 2.92. The first-order chi connectivity index (χ1) is 6.07. The molecule has 3 nitrogen and oxygen atoms in total. The fourth-order valence-electron chi connectivity index (χ4n) is 0.962. The van der Waals surface area contributed by atoms with Crippen molar-refractivity contribution < 1.29 is 13.2 Å². The number of hydrogen-bond donors (Lipinski definition) is 2. The summed E-state index contributed by atoms with van der Waals surface area (Å²) < 4.78 is 37.2. The van der Waals surface area contributed by atoms with Gasteiger partial charge >= 0.3 is 0 Å². The van der Waals surface area contributed by atoms with Gasteiger partial charge in [0.1, 0.15) is 0 Å². The number of aromatic amines is 1. The van der Waals surface area contributed by atoms with Crippen molar-refractivity contribution in [2.24, 2.45) is 5.73 Å². The second-order valence-electron chi connectivity index (χ2n) is 2.38. The number of nitrogens with two attached hydrogens (primary N) is 1. The van der Waals surface area contributed by atoms with Gasteiger partial charge in [0.05, 0.1) is 5.56 Å². The van der Waals surface area contributed by atoms with Gasteiger partial charge in [-0.2, -0.15) is 0 Å². The van der Waals surface area contributed by atoms with Crippen LogP contribution in [0, 0.1) is 5.82 Å². The monoisotopic (exact) mass is 192 g/mol. The van der Waals surface area contributed by atoms with E-state index in [9.17, 15) is 18.0 Å². The molecule has 1 aromatic rings. The summed E-state index contributed by atoms with van der Waals surface area (Å²) in [6, 6.07) is 0. The quantitative estimate of drug-likeness (QED) is 0.731. The van der Waals surface area contributed by atoms with Crippen LogP contribution in [0.25, 0.3) is 0 Å². The smallest absolute Gasteiger partial charge is 0.284 e. The molecule has 0 amide bonds. The minimum Gasteiger partial charge on any atom is -0.326 e. The number of H-pyrrole nitrogens is 1. The van der Waals surface area contributed by atoms with Crippen molar-refractivity contribution in [2.45, 2.75) is 13.0 Å². The van der Waals surface area contributed by atoms with E-state index in [4.69, 9.17) is 5.73 Å². The predicted molar refractivity (Wildman–Crippen MR) is 39.9 cm³/mol. The Hall–Kier alpha value is -1.30. The van der Waals surface area contributed by atoms with Crippen molar-refractivity contribution >= 4 is 0 Å². The lowest BCUT2D eigenvalue weighted by atomic mass is 10.1. The predicted octanol–water partition coefficient (Wildman–Crippen LogP) is 0.910. The molecule has 0 aliphatic rings. The molecule has 13 heavy (non-hydrogen) atoms. The molecule has 0 saturated heterocycles. The Morgan fingerprint density at radius 1 is 1.54 bits per heavy atom. The lowest BCUT2D eigenvalue weighted by Gasteiger charge is -2.06. The Kier molecular flexibility index (Phi) is 2.72. The number of rotatable bonds is 2. The van der Waals surface area contributed by atoms with Crippen LogP contribution < -0.4 is 11.3 Å². The van der Waals surface area contributed by atoms with Crippen LogP contribution >= 0.6 is 0 Å². The van der Waals surface area contributed by atoms with Crippen molar-refractivity contribution in [1.82, 2.24) is 4.98 Å². The van der Waals surface area contributed by atoms with Crippen molar-refractivity contribution in [3.8, 4) is 0 Å². The Morgan fingerprint density at radius 2 is 2.15 bits per heavy atom. The number of aromatic nitrogens is 1. The van der Waals surface area contributed by atoms with Gasteiger partial charge in [0.2, 0.25) is 0 Å². The van der Waals surface area contributed by atoms with Crippen molar-refractivity contribution in [1.29, 1.82) is 0 Å². The molecular formula is C7H7F3N2O. The molecule has 0 aliphatic heterocycles. The van der Waals surface area contributed by atoms with Gasteiger partial charge in [-0.3, -0.25) is 4.79 Å². The van der Waals surface area contributed by atoms with Crippen molar-refractivity contribution in [3.05, 3.63) is 33.5 Å². The second kappa shape index (κ2) is 3.61. The van der Waals surface area contributed by atoms with E-state index in [0.29, 0.717) is 0 Å². The van der Waals surface area contributed by atoms with Gasteiger partial charge in [-0.05, 0) is 5.56 Å². The molecule has 3 N–H and O–H groups in total. The first-order valence-corrected chi connectivity index (χ1v) is 3.46. The van der Waals surface area contributed by atoms with E-state index in [1.54, 1.807) is 0 Å². The summed E-state index contributed by atoms with van der Waals surface area (Å²) >= 11 is 0. The van der Waals surface area contributed by atoms with E-state index >= 15 is 0 Å². The minimum atomic E-state index is -3.03. The third-order valence-corrected chi connectivity index (χ3v) is 1.60. The maximum absolute atomic E-state index is 12.8. The molecule has 0 bridgehead atoms. The standard InChI is InChI=1S/C7H7F3N2O/c8-5-4(6(9)10)3(1-11)2-12-7(5)13/h2,6H,1,11H2,(H,12,13). The van der Waals surface area contributed by atoms with E-state index in [0.717, 1.165) is 6.20 Å². The highest BCUT2D eigenvalue weighted by Crippen LogP contribution is 2.22. The zero-order valence-corrected chi connectivity index (χ0v) is 6.48. The number of pyridine rings is 1. The van der Waals surface area contributed by atoms with Crippen LogP contribution in [0.3, 0.4) is 0 Å². The van der Waals surface area contributed by atoms with Gasteiger partial charge in [0.15, 0.2) is 5.82 Å². The van der Waals surface area contributed by atoms with Gasteiger partial charge in [-0.25, -0.2) is 13.2 Å². The molecule has 72 valence electrons. The van der Waals surface area contributed by atoms with Crippen LogP contribution in [-0.4, -0.2) is 4.98 Å². The summed E-state index contributed by atoms with van der Waals surface area (Å²) in [6.07, 6.45) is -2.03. The molecule has 0 unspecified atom stereocenters. The highest BCUT2D eigenvalue weighted by Gasteiger charge is 2.19. The number of alkyl halides is 2. The highest BCUT2D eigenvalue weighted by molar-refractivity contribution is 5.25. The molecule has 0 aliphatic carbocycles. The number of hydrogen-bond acceptors (Lipinski definition) is 2. The molecule has 1 aromatic heterocycles. The molecule has 0 saturated carbocycles. The fraction of sp³-hybridized carbons (Fsp3) is 0.286. The lowest BCUT2D eigenvalue weighted by molar-refractivity contribution is 0.144. The van der Waals surface area contributed by atoms with E-state index in [1.807, 2.05) is 4.98 Å². The maximum atomic E-state index is 12.8. The molecule has 1 rings (SSSR count). The Balaban J connectivity index is 3.41. The topological polar surface area (TPSA) is 58.9 Å². The summed E-state index contributed by atoms with van der Waals surface area (Å²) in [7, 11) is 0. The Bertz CT molecular complexity index is 361. The minimum absolute atomic E-state index is 0.0906. The summed E-state index contributed by atoms with van der Waals surface area (Å²) in [6.45, 7) is -0.243. The molecule has 0 fully saturated rings. The Morgan fingerprint density at radius 3 is 2.62 bits per heavy atom. The van der Waals surface area contributed by atoms with Gasteiger partial charge in [-0.15, -0.1) is 0 Å². The largest absolute Gasteiger partial charge is 0.326 e. The summed E-state index contributed by atoms with van der Waals surface area (Å²) in [5, 5.41) is 0.